The molecule has 36 heavy (non-hydrogen) atoms. The van der Waals surface area contributed by atoms with Crippen LogP contribution in [0.1, 0.15) is 75.3 Å². The average Bonchev–Trinajstić information content (AvgIpc) is 2.90. The van der Waals surface area contributed by atoms with E-state index in [1.54, 1.807) is 0 Å². The molecule has 4 heteroatoms. The zero-order valence-electron chi connectivity index (χ0n) is 23.1. The van der Waals surface area contributed by atoms with E-state index in [0.717, 1.165) is 50.6 Å². The number of likely N-dealkylation sites (tertiary alicyclic amines) is 2. The molecular formula is C32H48N2O2. The minimum absolute atomic E-state index is 0.501. The summed E-state index contributed by atoms with van der Waals surface area (Å²) < 4.78 is 12.4. The molecule has 0 radical (unpaired) electrons. The summed E-state index contributed by atoms with van der Waals surface area (Å²) in [6.07, 6.45) is 7.37. The average molecular weight is 493 g/mol. The first-order valence-corrected chi connectivity index (χ1v) is 14.4. The van der Waals surface area contributed by atoms with Crippen molar-refractivity contribution in [2.45, 2.75) is 64.2 Å². The van der Waals surface area contributed by atoms with Crippen molar-refractivity contribution in [3.63, 3.8) is 0 Å². The minimum Gasteiger partial charge on any atom is -0.493 e. The molecule has 0 N–H and O–H groups in total. The molecule has 2 saturated heterocycles. The van der Waals surface area contributed by atoms with Gasteiger partial charge in [-0.3, -0.25) is 0 Å². The molecule has 2 aromatic rings. The summed E-state index contributed by atoms with van der Waals surface area (Å²) in [7, 11) is 4.43. The molecule has 4 atom stereocenters. The highest BCUT2D eigenvalue weighted by Crippen LogP contribution is 2.39. The Balaban J connectivity index is 1.33. The van der Waals surface area contributed by atoms with Gasteiger partial charge in [-0.1, -0.05) is 38.1 Å². The van der Waals surface area contributed by atoms with Gasteiger partial charge in [-0.05, 0) is 113 Å². The maximum Gasteiger partial charge on any atom is 0.119 e. The molecule has 2 aliphatic heterocycles. The minimum atomic E-state index is 0.501. The molecule has 0 aromatic heterocycles. The maximum absolute atomic E-state index is 6.18. The van der Waals surface area contributed by atoms with Gasteiger partial charge in [0.25, 0.3) is 0 Å². The third-order valence-electron chi connectivity index (χ3n) is 8.40. The standard InChI is InChI=1S/C32H48N2O2/c1-5-31(27-11-15-29(16-12-27)35-23-25-9-7-19-33(3)21-25)32(6-2)28-13-17-30(18-14-28)36-24-26-10-8-20-34(4)22-26/h11-18,25-26,31-32H,5-10,19-24H2,1-4H3. The third-order valence-corrected chi connectivity index (χ3v) is 8.40. The Hall–Kier alpha value is -2.04. The first-order chi connectivity index (χ1) is 17.6. The molecule has 198 valence electrons. The fraction of sp³-hybridized carbons (Fsp3) is 0.625. The highest BCUT2D eigenvalue weighted by atomic mass is 16.5. The van der Waals surface area contributed by atoms with Crippen LogP contribution in [-0.2, 0) is 0 Å². The van der Waals surface area contributed by atoms with Crippen LogP contribution in [0.15, 0.2) is 48.5 Å². The summed E-state index contributed by atoms with van der Waals surface area (Å²) in [6, 6.07) is 17.9. The van der Waals surface area contributed by atoms with E-state index in [0.29, 0.717) is 23.7 Å². The maximum atomic E-state index is 6.18. The fourth-order valence-corrected chi connectivity index (χ4v) is 6.37. The van der Waals surface area contributed by atoms with E-state index < -0.39 is 0 Å². The highest BCUT2D eigenvalue weighted by Gasteiger charge is 2.23. The zero-order valence-corrected chi connectivity index (χ0v) is 23.1. The van der Waals surface area contributed by atoms with E-state index in [2.05, 4.69) is 86.3 Å². The van der Waals surface area contributed by atoms with Crippen LogP contribution in [0.25, 0.3) is 0 Å². The van der Waals surface area contributed by atoms with E-state index in [1.165, 1.54) is 49.9 Å². The number of benzene rings is 2. The Kier molecular flexibility index (Phi) is 10.1. The summed E-state index contributed by atoms with van der Waals surface area (Å²) >= 11 is 0. The Bertz CT molecular complexity index is 822. The molecule has 4 rings (SSSR count). The molecule has 2 heterocycles. The van der Waals surface area contributed by atoms with Gasteiger partial charge in [0.2, 0.25) is 0 Å². The van der Waals surface area contributed by atoms with Gasteiger partial charge in [-0.15, -0.1) is 0 Å². The van der Waals surface area contributed by atoms with Gasteiger partial charge < -0.3 is 19.3 Å². The smallest absolute Gasteiger partial charge is 0.119 e. The Morgan fingerprint density at radius 3 is 1.39 bits per heavy atom. The monoisotopic (exact) mass is 492 g/mol. The molecule has 0 bridgehead atoms. The first kappa shape index (κ1) is 27.0. The van der Waals surface area contributed by atoms with Crippen LogP contribution in [0.4, 0.5) is 0 Å². The third kappa shape index (κ3) is 7.49. The van der Waals surface area contributed by atoms with Gasteiger partial charge in [0.05, 0.1) is 13.2 Å². The van der Waals surface area contributed by atoms with Crippen molar-refractivity contribution in [2.24, 2.45) is 11.8 Å². The van der Waals surface area contributed by atoms with Gasteiger partial charge >= 0.3 is 0 Å². The summed E-state index contributed by atoms with van der Waals surface area (Å²) in [5.41, 5.74) is 2.83. The zero-order chi connectivity index (χ0) is 25.3. The van der Waals surface area contributed by atoms with Crippen LogP contribution in [0.2, 0.25) is 0 Å². The molecule has 0 amide bonds. The van der Waals surface area contributed by atoms with Gasteiger partial charge in [-0.25, -0.2) is 0 Å². The fourth-order valence-electron chi connectivity index (χ4n) is 6.37. The number of hydrogen-bond donors (Lipinski definition) is 0. The van der Waals surface area contributed by atoms with Crippen molar-refractivity contribution in [1.82, 2.24) is 9.80 Å². The van der Waals surface area contributed by atoms with Gasteiger partial charge in [0.15, 0.2) is 0 Å². The van der Waals surface area contributed by atoms with E-state index in [1.807, 2.05) is 0 Å². The lowest BCUT2D eigenvalue weighted by molar-refractivity contribution is 0.150. The Morgan fingerprint density at radius 2 is 1.06 bits per heavy atom. The molecular weight excluding hydrogens is 444 g/mol. The van der Waals surface area contributed by atoms with Crippen LogP contribution < -0.4 is 9.47 Å². The number of nitrogens with zero attached hydrogens (tertiary/aromatic N) is 2. The summed E-state index contributed by atoms with van der Waals surface area (Å²) in [4.78, 5) is 4.84. The highest BCUT2D eigenvalue weighted by molar-refractivity contribution is 5.35. The van der Waals surface area contributed by atoms with Crippen LogP contribution in [0, 0.1) is 11.8 Å². The van der Waals surface area contributed by atoms with Crippen LogP contribution in [0.5, 0.6) is 11.5 Å². The van der Waals surface area contributed by atoms with Crippen LogP contribution in [-0.4, -0.2) is 63.3 Å². The van der Waals surface area contributed by atoms with E-state index in [4.69, 9.17) is 9.47 Å². The van der Waals surface area contributed by atoms with Gasteiger partial charge in [0, 0.05) is 24.9 Å². The van der Waals surface area contributed by atoms with Crippen molar-refractivity contribution in [1.29, 1.82) is 0 Å². The predicted octanol–water partition coefficient (Wildman–Crippen LogP) is 6.82. The second kappa shape index (κ2) is 13.5. The second-order valence-corrected chi connectivity index (χ2v) is 11.3. The Morgan fingerprint density at radius 1 is 0.667 bits per heavy atom. The topological polar surface area (TPSA) is 24.9 Å². The van der Waals surface area contributed by atoms with Gasteiger partial charge in [-0.2, -0.15) is 0 Å². The van der Waals surface area contributed by atoms with Crippen LogP contribution in [0.3, 0.4) is 0 Å². The van der Waals surface area contributed by atoms with Crippen molar-refractivity contribution >= 4 is 0 Å². The van der Waals surface area contributed by atoms with E-state index in [-0.39, 0.29) is 0 Å². The van der Waals surface area contributed by atoms with Crippen LogP contribution >= 0.6 is 0 Å². The van der Waals surface area contributed by atoms with Crippen molar-refractivity contribution in [3.8, 4) is 11.5 Å². The molecule has 4 unspecified atom stereocenters. The lowest BCUT2D eigenvalue weighted by Crippen LogP contribution is -2.34. The number of ether oxygens (including phenoxy) is 2. The van der Waals surface area contributed by atoms with Gasteiger partial charge in [0.1, 0.15) is 11.5 Å². The van der Waals surface area contributed by atoms with Crippen molar-refractivity contribution in [3.05, 3.63) is 59.7 Å². The molecule has 0 saturated carbocycles. The lowest BCUT2D eigenvalue weighted by atomic mass is 9.78. The SMILES string of the molecule is CCC(c1ccc(OCC2CCCN(C)C2)cc1)C(CC)c1ccc(OCC2CCCN(C)C2)cc1. The molecule has 0 spiro atoms. The summed E-state index contributed by atoms with van der Waals surface area (Å²) in [6.45, 7) is 11.0. The van der Waals surface area contributed by atoms with E-state index in [9.17, 15) is 0 Å². The quantitative estimate of drug-likeness (QED) is 0.344. The predicted molar refractivity (Wildman–Crippen MR) is 150 cm³/mol. The summed E-state index contributed by atoms with van der Waals surface area (Å²) in [5.74, 6) is 4.29. The molecule has 2 fully saturated rings. The lowest BCUT2D eigenvalue weighted by Gasteiger charge is -2.30. The number of rotatable bonds is 11. The number of hydrogen-bond acceptors (Lipinski definition) is 4. The summed E-state index contributed by atoms with van der Waals surface area (Å²) in [5, 5.41) is 0. The molecule has 0 aliphatic carbocycles. The second-order valence-electron chi connectivity index (χ2n) is 11.3. The number of piperidine rings is 2. The van der Waals surface area contributed by atoms with E-state index >= 15 is 0 Å². The molecule has 2 aliphatic rings. The van der Waals surface area contributed by atoms with Crippen molar-refractivity contribution in [2.75, 3.05) is 53.5 Å². The molecule has 4 nitrogen and oxygen atoms in total. The first-order valence-electron chi connectivity index (χ1n) is 14.4. The largest absolute Gasteiger partial charge is 0.493 e. The Labute approximate surface area is 220 Å². The van der Waals surface area contributed by atoms with Crippen molar-refractivity contribution < 1.29 is 9.47 Å². The molecule has 2 aromatic carbocycles. The normalized spacial score (nSPS) is 23.2.